The van der Waals surface area contributed by atoms with Gasteiger partial charge in [0.05, 0.1) is 19.1 Å². The topological polar surface area (TPSA) is 56.7 Å². The van der Waals surface area contributed by atoms with E-state index in [1.807, 2.05) is 30.3 Å². The van der Waals surface area contributed by atoms with Gasteiger partial charge in [0, 0.05) is 30.7 Å². The number of hydrogen-bond donors (Lipinski definition) is 1. The van der Waals surface area contributed by atoms with Gasteiger partial charge in [-0.05, 0) is 37.6 Å². The first-order valence-electron chi connectivity index (χ1n) is 8.96. The van der Waals surface area contributed by atoms with Crippen LogP contribution in [0.15, 0.2) is 11.6 Å². The Hall–Kier alpha value is -0.980. The minimum atomic E-state index is -0.522. The van der Waals surface area contributed by atoms with Crippen molar-refractivity contribution in [3.05, 3.63) is 16.6 Å². The fourth-order valence-electron chi connectivity index (χ4n) is 3.89. The molecule has 1 amide bonds. The lowest BCUT2D eigenvalue weighted by Crippen LogP contribution is -2.42. The van der Waals surface area contributed by atoms with Crippen LogP contribution in [0.25, 0.3) is 0 Å². The summed E-state index contributed by atoms with van der Waals surface area (Å²) in [6.45, 7) is 6.51. The van der Waals surface area contributed by atoms with E-state index in [0.29, 0.717) is 11.5 Å². The molecule has 3 rings (SSSR count). The lowest BCUT2D eigenvalue weighted by Gasteiger charge is -2.34. The number of carbonyl (C=O) groups is 1. The zero-order valence-electron chi connectivity index (χ0n) is 14.9. The molecule has 24 heavy (non-hydrogen) atoms. The molecule has 2 aliphatic rings. The van der Waals surface area contributed by atoms with Gasteiger partial charge in [-0.2, -0.15) is 0 Å². The Balaban J connectivity index is 1.46. The van der Waals surface area contributed by atoms with Crippen LogP contribution < -0.4 is 0 Å². The predicted octanol–water partition coefficient (Wildman–Crippen LogP) is 2.36. The molecular weight excluding hydrogens is 322 g/mol. The summed E-state index contributed by atoms with van der Waals surface area (Å²) in [5.41, 5.74) is 0.402. The number of likely N-dealkylation sites (tertiary alicyclic amines) is 1. The fraction of sp³-hybridized carbons (Fsp3) is 0.778. The van der Waals surface area contributed by atoms with Crippen molar-refractivity contribution < 1.29 is 9.90 Å². The van der Waals surface area contributed by atoms with E-state index in [2.05, 4.69) is 16.9 Å². The standard InChI is InChI=1S/C18H29N3O2S/c1-13(2)14(22)10-17(23)21-7-4-18(5-8-21)11-15(18)20(3)12-16-19-6-9-24-16/h6,9,13-15,22H,4-5,7-8,10-12H2,1-3H3/t14-,15+/m0/s1. The summed E-state index contributed by atoms with van der Waals surface area (Å²) in [5, 5.41) is 13.1. The van der Waals surface area contributed by atoms with Crippen LogP contribution in [0.3, 0.4) is 0 Å². The van der Waals surface area contributed by atoms with Gasteiger partial charge < -0.3 is 10.0 Å². The minimum absolute atomic E-state index is 0.111. The highest BCUT2D eigenvalue weighted by Crippen LogP contribution is 2.56. The minimum Gasteiger partial charge on any atom is -0.392 e. The number of carbonyl (C=O) groups excluding carboxylic acids is 1. The van der Waals surface area contributed by atoms with Crippen LogP contribution >= 0.6 is 11.3 Å². The molecule has 1 aromatic heterocycles. The molecule has 2 heterocycles. The second-order valence-electron chi connectivity index (χ2n) is 7.82. The number of amides is 1. The van der Waals surface area contributed by atoms with Crippen molar-refractivity contribution in [1.29, 1.82) is 0 Å². The van der Waals surface area contributed by atoms with Crippen LogP contribution in [0.5, 0.6) is 0 Å². The van der Waals surface area contributed by atoms with Crippen molar-refractivity contribution in [1.82, 2.24) is 14.8 Å². The maximum Gasteiger partial charge on any atom is 0.225 e. The van der Waals surface area contributed by atoms with Crippen LogP contribution in [0.4, 0.5) is 0 Å². The molecule has 1 aromatic rings. The number of rotatable bonds is 6. The Bertz CT molecular complexity index is 553. The van der Waals surface area contributed by atoms with Gasteiger partial charge in [0.2, 0.25) is 5.91 Å². The molecule has 0 unspecified atom stereocenters. The monoisotopic (exact) mass is 351 g/mol. The van der Waals surface area contributed by atoms with Crippen molar-refractivity contribution in [3.8, 4) is 0 Å². The first-order valence-corrected chi connectivity index (χ1v) is 9.84. The molecule has 2 atom stereocenters. The van der Waals surface area contributed by atoms with E-state index in [4.69, 9.17) is 0 Å². The Morgan fingerprint density at radius 2 is 2.21 bits per heavy atom. The molecule has 1 N–H and O–H groups in total. The lowest BCUT2D eigenvalue weighted by molar-refractivity contribution is -0.135. The molecule has 1 spiro atoms. The lowest BCUT2D eigenvalue weighted by atomic mass is 9.91. The largest absolute Gasteiger partial charge is 0.392 e. The Morgan fingerprint density at radius 3 is 2.79 bits per heavy atom. The van der Waals surface area contributed by atoms with E-state index >= 15 is 0 Å². The number of nitrogens with zero attached hydrogens (tertiary/aromatic N) is 3. The molecule has 6 heteroatoms. The van der Waals surface area contributed by atoms with Gasteiger partial charge in [0.25, 0.3) is 0 Å². The molecule has 134 valence electrons. The normalized spacial score (nSPS) is 23.9. The Kier molecular flexibility index (Phi) is 5.27. The van der Waals surface area contributed by atoms with Gasteiger partial charge >= 0.3 is 0 Å². The highest BCUT2D eigenvalue weighted by molar-refractivity contribution is 7.09. The summed E-state index contributed by atoms with van der Waals surface area (Å²) in [6.07, 6.45) is 5.02. The quantitative estimate of drug-likeness (QED) is 0.855. The number of aliphatic hydroxyl groups excluding tert-OH is 1. The van der Waals surface area contributed by atoms with Gasteiger partial charge in [-0.1, -0.05) is 13.8 Å². The van der Waals surface area contributed by atoms with Gasteiger partial charge in [0.15, 0.2) is 0 Å². The number of hydrogen-bond acceptors (Lipinski definition) is 5. The van der Waals surface area contributed by atoms with Crippen LogP contribution in [0.2, 0.25) is 0 Å². The SMILES string of the molecule is CC(C)[C@@H](O)CC(=O)N1CCC2(CC1)C[C@H]2N(C)Cc1nccs1. The number of piperidine rings is 1. The smallest absolute Gasteiger partial charge is 0.225 e. The second-order valence-corrected chi connectivity index (χ2v) is 8.80. The van der Waals surface area contributed by atoms with Crippen molar-refractivity contribution >= 4 is 17.2 Å². The van der Waals surface area contributed by atoms with E-state index in [-0.39, 0.29) is 18.2 Å². The summed E-state index contributed by atoms with van der Waals surface area (Å²) in [7, 11) is 2.19. The van der Waals surface area contributed by atoms with Crippen molar-refractivity contribution in [2.75, 3.05) is 20.1 Å². The van der Waals surface area contributed by atoms with Crippen LogP contribution in [0.1, 0.15) is 44.5 Å². The van der Waals surface area contributed by atoms with E-state index in [1.54, 1.807) is 11.3 Å². The van der Waals surface area contributed by atoms with Gasteiger partial charge in [0.1, 0.15) is 5.01 Å². The number of aliphatic hydroxyl groups is 1. The molecular formula is C18H29N3O2S. The molecule has 1 aliphatic heterocycles. The first kappa shape index (κ1) is 17.8. The molecule has 1 saturated heterocycles. The average Bonchev–Trinajstić information content (AvgIpc) is 3.00. The highest BCUT2D eigenvalue weighted by Gasteiger charge is 2.56. The third kappa shape index (κ3) is 3.81. The second kappa shape index (κ2) is 7.10. The van der Waals surface area contributed by atoms with E-state index in [9.17, 15) is 9.90 Å². The Morgan fingerprint density at radius 1 is 1.50 bits per heavy atom. The summed E-state index contributed by atoms with van der Waals surface area (Å²) in [5.74, 6) is 0.247. The third-order valence-electron chi connectivity index (χ3n) is 5.81. The van der Waals surface area contributed by atoms with Gasteiger partial charge in [-0.25, -0.2) is 4.98 Å². The molecule has 1 saturated carbocycles. The average molecular weight is 352 g/mol. The van der Waals surface area contributed by atoms with Gasteiger partial charge in [-0.15, -0.1) is 11.3 Å². The molecule has 0 aromatic carbocycles. The zero-order valence-corrected chi connectivity index (χ0v) is 15.8. The van der Waals surface area contributed by atoms with Crippen molar-refractivity contribution in [3.63, 3.8) is 0 Å². The van der Waals surface area contributed by atoms with Crippen molar-refractivity contribution in [2.45, 2.75) is 58.2 Å². The summed E-state index contributed by atoms with van der Waals surface area (Å²) < 4.78 is 0. The summed E-state index contributed by atoms with van der Waals surface area (Å²) >= 11 is 1.71. The summed E-state index contributed by atoms with van der Waals surface area (Å²) in [6, 6.07) is 0.625. The molecule has 0 bridgehead atoms. The maximum atomic E-state index is 12.3. The van der Waals surface area contributed by atoms with Gasteiger partial charge in [-0.3, -0.25) is 9.69 Å². The third-order valence-corrected chi connectivity index (χ3v) is 6.58. The molecule has 2 fully saturated rings. The first-order chi connectivity index (χ1) is 11.4. The van der Waals surface area contributed by atoms with Crippen LogP contribution in [-0.4, -0.2) is 58.1 Å². The number of aromatic nitrogens is 1. The predicted molar refractivity (Wildman–Crippen MR) is 95.7 cm³/mol. The zero-order chi connectivity index (χ0) is 17.3. The van der Waals surface area contributed by atoms with Crippen molar-refractivity contribution in [2.24, 2.45) is 11.3 Å². The molecule has 1 aliphatic carbocycles. The Labute approximate surface area is 148 Å². The highest BCUT2D eigenvalue weighted by atomic mass is 32.1. The maximum absolute atomic E-state index is 12.3. The van der Waals surface area contributed by atoms with Crippen LogP contribution in [-0.2, 0) is 11.3 Å². The molecule has 0 radical (unpaired) electrons. The number of thiazole rings is 1. The molecule has 5 nitrogen and oxygen atoms in total. The van der Waals surface area contributed by atoms with E-state index in [1.165, 1.54) is 11.4 Å². The van der Waals surface area contributed by atoms with Crippen LogP contribution in [0, 0.1) is 11.3 Å². The summed E-state index contributed by atoms with van der Waals surface area (Å²) in [4.78, 5) is 21.1. The fourth-order valence-corrected chi connectivity index (χ4v) is 4.57. The van der Waals surface area contributed by atoms with E-state index in [0.717, 1.165) is 32.5 Å². The van der Waals surface area contributed by atoms with E-state index < -0.39 is 6.10 Å².